The van der Waals surface area contributed by atoms with Crippen LogP contribution in [0.1, 0.15) is 11.7 Å². The maximum absolute atomic E-state index is 5.22. The zero-order valence-electron chi connectivity index (χ0n) is 25.4. The number of thiophene rings is 1. The largest absolute Gasteiger partial charge is 0.334 e. The highest BCUT2D eigenvalue weighted by molar-refractivity contribution is 7.25. The van der Waals surface area contributed by atoms with Gasteiger partial charge in [0.2, 0.25) is 0 Å². The lowest BCUT2D eigenvalue weighted by Crippen LogP contribution is -2.35. The second-order valence-electron chi connectivity index (χ2n) is 12.2. The summed E-state index contributed by atoms with van der Waals surface area (Å²) in [5.74, 6) is 0. The standard InChI is InChI=1S/C42H28N4S/c1-3-11-27(12-4-1)29-23-38-41(43-26-29)34-24-33-32-15-7-10-18-39(32)47-40(33)25-37(34)45(38)31-21-19-28(20-22-31)42-44-35-16-8-9-17-36(35)46(42)30-13-5-2-6-14-30/h1-26,36,42H. The Balaban J connectivity index is 1.16. The summed E-state index contributed by atoms with van der Waals surface area (Å²) in [6, 6.07) is 45.9. The first-order valence-electron chi connectivity index (χ1n) is 16.0. The van der Waals surface area contributed by atoms with Gasteiger partial charge < -0.3 is 9.47 Å². The Morgan fingerprint density at radius 2 is 1.38 bits per heavy atom. The molecule has 0 fully saturated rings. The van der Waals surface area contributed by atoms with Gasteiger partial charge in [0.1, 0.15) is 6.17 Å². The Hall–Kier alpha value is -5.78. The third kappa shape index (κ3) is 4.13. The van der Waals surface area contributed by atoms with Crippen molar-refractivity contribution in [3.8, 4) is 16.8 Å². The number of nitrogens with zero attached hydrogens (tertiary/aromatic N) is 4. The van der Waals surface area contributed by atoms with Gasteiger partial charge in [-0.25, -0.2) is 0 Å². The van der Waals surface area contributed by atoms with E-state index in [-0.39, 0.29) is 12.2 Å². The fourth-order valence-corrected chi connectivity index (χ4v) is 8.45. The highest BCUT2D eigenvalue weighted by Crippen LogP contribution is 2.42. The normalized spacial score (nSPS) is 17.3. The molecule has 10 rings (SSSR count). The fourth-order valence-electron chi connectivity index (χ4n) is 7.33. The molecular weight excluding hydrogens is 593 g/mol. The molecule has 2 unspecified atom stereocenters. The predicted octanol–water partition coefficient (Wildman–Crippen LogP) is 10.7. The van der Waals surface area contributed by atoms with Crippen molar-refractivity contribution in [2.75, 3.05) is 4.90 Å². The van der Waals surface area contributed by atoms with Crippen molar-refractivity contribution in [2.24, 2.45) is 4.99 Å². The van der Waals surface area contributed by atoms with Crippen LogP contribution in [-0.4, -0.2) is 21.3 Å². The van der Waals surface area contributed by atoms with Gasteiger partial charge in [0.15, 0.2) is 0 Å². The van der Waals surface area contributed by atoms with Gasteiger partial charge >= 0.3 is 0 Å². The lowest BCUT2D eigenvalue weighted by molar-refractivity contribution is 0.696. The van der Waals surface area contributed by atoms with Crippen molar-refractivity contribution in [3.63, 3.8) is 0 Å². The Morgan fingerprint density at radius 3 is 2.23 bits per heavy atom. The van der Waals surface area contributed by atoms with Crippen LogP contribution in [-0.2, 0) is 0 Å². The molecule has 5 aromatic carbocycles. The number of pyridine rings is 1. The van der Waals surface area contributed by atoms with E-state index >= 15 is 0 Å². The maximum atomic E-state index is 5.22. The number of rotatable bonds is 4. The molecule has 0 radical (unpaired) electrons. The summed E-state index contributed by atoms with van der Waals surface area (Å²) < 4.78 is 4.98. The van der Waals surface area contributed by atoms with Gasteiger partial charge in [-0.05, 0) is 65.7 Å². The van der Waals surface area contributed by atoms with Crippen molar-refractivity contribution in [3.05, 3.63) is 163 Å². The maximum Gasteiger partial charge on any atom is 0.148 e. The molecule has 0 amide bonds. The van der Waals surface area contributed by atoms with Gasteiger partial charge in [0.05, 0.1) is 28.3 Å². The molecule has 1 aliphatic carbocycles. The predicted molar refractivity (Wildman–Crippen MR) is 198 cm³/mol. The van der Waals surface area contributed by atoms with E-state index in [2.05, 4.69) is 161 Å². The number of hydrogen-bond acceptors (Lipinski definition) is 4. The van der Waals surface area contributed by atoms with Crippen LogP contribution in [0.2, 0.25) is 0 Å². The number of hydrogen-bond donors (Lipinski definition) is 0. The molecule has 4 nitrogen and oxygen atoms in total. The molecule has 2 aliphatic rings. The van der Waals surface area contributed by atoms with Crippen LogP contribution in [0.5, 0.6) is 0 Å². The summed E-state index contributed by atoms with van der Waals surface area (Å²) in [6.45, 7) is 0. The molecule has 0 saturated heterocycles. The van der Waals surface area contributed by atoms with Gasteiger partial charge in [0, 0.05) is 48.7 Å². The zero-order valence-corrected chi connectivity index (χ0v) is 26.2. The number of aliphatic imine (C=N–C) groups is 1. The van der Waals surface area contributed by atoms with E-state index in [1.165, 1.54) is 31.2 Å². The van der Waals surface area contributed by atoms with Crippen LogP contribution in [0, 0.1) is 0 Å². The Bertz CT molecular complexity index is 2570. The molecule has 222 valence electrons. The van der Waals surface area contributed by atoms with Crippen LogP contribution in [0.4, 0.5) is 5.69 Å². The van der Waals surface area contributed by atoms with Crippen molar-refractivity contribution in [1.82, 2.24) is 9.55 Å². The molecule has 47 heavy (non-hydrogen) atoms. The average molecular weight is 621 g/mol. The van der Waals surface area contributed by atoms with Crippen molar-refractivity contribution in [2.45, 2.75) is 12.2 Å². The summed E-state index contributed by atoms with van der Waals surface area (Å²) in [5.41, 5.74) is 10.1. The SMILES string of the molecule is C1=CC2=NC(c3ccc(-n4c5cc6sc7ccccc7c6cc5c5ncc(-c6ccccc6)cc54)cc3)N(c3ccccc3)C2C=C1. The Kier molecular flexibility index (Phi) is 5.84. The van der Waals surface area contributed by atoms with Crippen molar-refractivity contribution in [1.29, 1.82) is 0 Å². The number of anilines is 1. The van der Waals surface area contributed by atoms with E-state index in [1.54, 1.807) is 0 Å². The zero-order chi connectivity index (χ0) is 30.9. The summed E-state index contributed by atoms with van der Waals surface area (Å²) in [4.78, 5) is 12.7. The van der Waals surface area contributed by atoms with E-state index in [0.29, 0.717) is 0 Å². The average Bonchev–Trinajstić information content (AvgIpc) is 3.80. The number of aromatic nitrogens is 2. The first-order valence-corrected chi connectivity index (χ1v) is 16.8. The molecule has 5 heteroatoms. The second-order valence-corrected chi connectivity index (χ2v) is 13.3. The topological polar surface area (TPSA) is 33.4 Å². The van der Waals surface area contributed by atoms with Crippen molar-refractivity contribution >= 4 is 64.8 Å². The number of fused-ring (bicyclic) bond motifs is 7. The second kappa shape index (κ2) is 10.4. The van der Waals surface area contributed by atoms with E-state index in [9.17, 15) is 0 Å². The highest BCUT2D eigenvalue weighted by atomic mass is 32.1. The van der Waals surface area contributed by atoms with Crippen LogP contribution in [0.15, 0.2) is 163 Å². The minimum absolute atomic E-state index is 0.110. The molecule has 4 heterocycles. The number of benzene rings is 5. The number of allylic oxidation sites excluding steroid dienone is 2. The minimum Gasteiger partial charge on any atom is -0.334 e. The lowest BCUT2D eigenvalue weighted by atomic mass is 10.0. The summed E-state index contributed by atoms with van der Waals surface area (Å²) in [7, 11) is 0. The quantitative estimate of drug-likeness (QED) is 0.196. The summed E-state index contributed by atoms with van der Waals surface area (Å²) in [5, 5.41) is 3.75. The molecule has 0 N–H and O–H groups in total. The molecule has 3 aromatic heterocycles. The van der Waals surface area contributed by atoms with Gasteiger partial charge in [0.25, 0.3) is 0 Å². The molecule has 2 atom stereocenters. The fraction of sp³-hybridized carbons (Fsp3) is 0.0476. The van der Waals surface area contributed by atoms with Crippen LogP contribution < -0.4 is 4.90 Å². The smallest absolute Gasteiger partial charge is 0.148 e. The van der Waals surface area contributed by atoms with Crippen LogP contribution >= 0.6 is 11.3 Å². The molecule has 0 saturated carbocycles. The first-order chi connectivity index (χ1) is 23.3. The third-order valence-corrected chi connectivity index (χ3v) is 10.7. The lowest BCUT2D eigenvalue weighted by Gasteiger charge is -2.31. The molecule has 0 spiro atoms. The third-order valence-electron chi connectivity index (χ3n) is 9.52. The monoisotopic (exact) mass is 620 g/mol. The van der Waals surface area contributed by atoms with Gasteiger partial charge in [-0.2, -0.15) is 0 Å². The Morgan fingerprint density at radius 1 is 0.596 bits per heavy atom. The van der Waals surface area contributed by atoms with E-state index < -0.39 is 0 Å². The minimum atomic E-state index is -0.110. The van der Waals surface area contributed by atoms with Crippen molar-refractivity contribution < 1.29 is 0 Å². The first kappa shape index (κ1) is 26.4. The van der Waals surface area contributed by atoms with E-state index in [1.807, 2.05) is 17.5 Å². The van der Waals surface area contributed by atoms with Gasteiger partial charge in [-0.15, -0.1) is 11.3 Å². The Labute approximate surface area is 275 Å². The van der Waals surface area contributed by atoms with E-state index in [4.69, 9.17) is 9.98 Å². The van der Waals surface area contributed by atoms with Crippen LogP contribution in [0.3, 0.4) is 0 Å². The van der Waals surface area contributed by atoms with E-state index in [0.717, 1.165) is 44.6 Å². The number of para-hydroxylation sites is 1. The highest BCUT2D eigenvalue weighted by Gasteiger charge is 2.35. The van der Waals surface area contributed by atoms with Crippen LogP contribution in [0.25, 0.3) is 58.9 Å². The molecular formula is C42H28N4S. The molecule has 0 bridgehead atoms. The molecule has 1 aliphatic heterocycles. The van der Waals surface area contributed by atoms with Gasteiger partial charge in [-0.1, -0.05) is 97.1 Å². The van der Waals surface area contributed by atoms with Gasteiger partial charge in [-0.3, -0.25) is 9.98 Å². The summed E-state index contributed by atoms with van der Waals surface area (Å²) in [6.07, 6.45) is 10.5. The molecule has 8 aromatic rings. The summed E-state index contributed by atoms with van der Waals surface area (Å²) >= 11 is 1.85.